The molecule has 0 aliphatic heterocycles. The van der Waals surface area contributed by atoms with Gasteiger partial charge in [-0.05, 0) is 24.6 Å². The second-order valence-corrected chi connectivity index (χ2v) is 3.13. The van der Waals surface area contributed by atoms with E-state index < -0.39 is 0 Å². The van der Waals surface area contributed by atoms with Crippen LogP contribution in [0.4, 0.5) is 0 Å². The summed E-state index contributed by atoms with van der Waals surface area (Å²) < 4.78 is 5.37. The van der Waals surface area contributed by atoms with Gasteiger partial charge in [0.05, 0.1) is 6.61 Å². The highest BCUT2D eigenvalue weighted by atomic mass is 16.5. The zero-order chi connectivity index (χ0) is 12.7. The smallest absolute Gasteiger partial charge is 0.221 e. The Morgan fingerprint density at radius 2 is 2.41 bits per heavy atom. The van der Waals surface area contributed by atoms with Gasteiger partial charge in [0.2, 0.25) is 5.88 Å². The largest absolute Gasteiger partial charge is 0.478 e. The van der Waals surface area contributed by atoms with Gasteiger partial charge in [-0.25, -0.2) is 9.98 Å². The van der Waals surface area contributed by atoms with Gasteiger partial charge < -0.3 is 4.74 Å². The van der Waals surface area contributed by atoms with E-state index in [-0.39, 0.29) is 5.70 Å². The minimum absolute atomic E-state index is 0.132. The van der Waals surface area contributed by atoms with Gasteiger partial charge in [-0.15, -0.1) is 0 Å². The molecule has 86 valence electrons. The van der Waals surface area contributed by atoms with Crippen molar-refractivity contribution in [2.75, 3.05) is 6.61 Å². The zero-order valence-electron chi connectivity index (χ0n) is 9.68. The van der Waals surface area contributed by atoms with Crippen LogP contribution in [-0.4, -0.2) is 17.8 Å². The number of pyridine rings is 1. The fourth-order valence-electron chi connectivity index (χ4n) is 1.14. The van der Waals surface area contributed by atoms with Crippen LogP contribution in [0.25, 0.3) is 5.57 Å². The molecule has 0 amide bonds. The average molecular weight is 227 g/mol. The molecule has 0 saturated heterocycles. The van der Waals surface area contributed by atoms with Crippen molar-refractivity contribution < 1.29 is 4.74 Å². The zero-order valence-corrected chi connectivity index (χ0v) is 9.68. The first-order chi connectivity index (χ1) is 8.19. The summed E-state index contributed by atoms with van der Waals surface area (Å²) in [6.07, 6.45) is 3.12. The second kappa shape index (κ2) is 6.23. The van der Waals surface area contributed by atoms with Gasteiger partial charge in [0, 0.05) is 18.0 Å². The molecule has 0 fully saturated rings. The molecule has 1 heterocycles. The molecule has 0 spiro atoms. The van der Waals surface area contributed by atoms with E-state index in [1.165, 1.54) is 6.21 Å². The molecular formula is C13H13N3O. The number of aromatic nitrogens is 1. The molecule has 1 rings (SSSR count). The van der Waals surface area contributed by atoms with Crippen LogP contribution >= 0.6 is 0 Å². The molecular weight excluding hydrogens is 214 g/mol. The van der Waals surface area contributed by atoms with Crippen molar-refractivity contribution in [1.29, 1.82) is 5.26 Å². The summed E-state index contributed by atoms with van der Waals surface area (Å²) in [7, 11) is 0. The Bertz CT molecular complexity index is 498. The minimum atomic E-state index is 0.132. The summed E-state index contributed by atoms with van der Waals surface area (Å²) in [5, 5.41) is 8.53. The monoisotopic (exact) mass is 227 g/mol. The summed E-state index contributed by atoms with van der Waals surface area (Å²) in [5.41, 5.74) is 1.51. The maximum atomic E-state index is 8.53. The van der Waals surface area contributed by atoms with Gasteiger partial charge in [-0.2, -0.15) is 5.26 Å². The number of allylic oxidation sites excluding steroid dienone is 2. The van der Waals surface area contributed by atoms with E-state index in [2.05, 4.69) is 23.1 Å². The van der Waals surface area contributed by atoms with Crippen molar-refractivity contribution in [1.82, 2.24) is 4.98 Å². The van der Waals surface area contributed by atoms with Crippen LogP contribution in [0, 0.1) is 11.3 Å². The summed E-state index contributed by atoms with van der Waals surface area (Å²) in [4.78, 5) is 7.96. The van der Waals surface area contributed by atoms with E-state index in [4.69, 9.17) is 10.00 Å². The highest BCUT2D eigenvalue weighted by Crippen LogP contribution is 2.21. The molecule has 0 N–H and O–H groups in total. The van der Waals surface area contributed by atoms with Crippen molar-refractivity contribution in [3.05, 3.63) is 42.7 Å². The fourth-order valence-corrected chi connectivity index (χ4v) is 1.14. The van der Waals surface area contributed by atoms with Crippen LogP contribution in [0.5, 0.6) is 5.88 Å². The predicted octanol–water partition coefficient (Wildman–Crippen LogP) is 2.60. The number of nitrogens with zero attached hydrogens (tertiary/aromatic N) is 3. The fraction of sp³-hybridized carbons (Fsp3) is 0.154. The average Bonchev–Trinajstić information content (AvgIpc) is 2.36. The van der Waals surface area contributed by atoms with Crippen LogP contribution in [-0.2, 0) is 0 Å². The number of hydrogen-bond donors (Lipinski definition) is 0. The van der Waals surface area contributed by atoms with E-state index in [0.717, 1.165) is 5.56 Å². The van der Waals surface area contributed by atoms with Crippen molar-refractivity contribution in [3.8, 4) is 11.9 Å². The van der Waals surface area contributed by atoms with Crippen LogP contribution in [0.1, 0.15) is 12.5 Å². The van der Waals surface area contributed by atoms with E-state index in [1.807, 2.05) is 19.1 Å². The first kappa shape index (κ1) is 12.7. The minimum Gasteiger partial charge on any atom is -0.478 e. The molecule has 4 heteroatoms. The van der Waals surface area contributed by atoms with Gasteiger partial charge >= 0.3 is 0 Å². The van der Waals surface area contributed by atoms with E-state index >= 15 is 0 Å². The number of aliphatic imine (C=N–C) groups is 1. The SMILES string of the molecule is C=C(C#N)N=CC(=C)c1cccnc1OCC. The maximum Gasteiger partial charge on any atom is 0.221 e. The van der Waals surface area contributed by atoms with Crippen molar-refractivity contribution >= 4 is 11.8 Å². The molecule has 0 unspecified atom stereocenters. The van der Waals surface area contributed by atoms with Crippen molar-refractivity contribution in [2.45, 2.75) is 6.92 Å². The van der Waals surface area contributed by atoms with Crippen molar-refractivity contribution in [3.63, 3.8) is 0 Å². The van der Waals surface area contributed by atoms with Gasteiger partial charge in [-0.1, -0.05) is 13.2 Å². The first-order valence-corrected chi connectivity index (χ1v) is 5.09. The molecule has 1 aromatic rings. The third-order valence-corrected chi connectivity index (χ3v) is 1.90. The number of hydrogen-bond acceptors (Lipinski definition) is 4. The van der Waals surface area contributed by atoms with Gasteiger partial charge in [0.1, 0.15) is 11.8 Å². The molecule has 4 nitrogen and oxygen atoms in total. The number of ether oxygens (including phenoxy) is 1. The molecule has 17 heavy (non-hydrogen) atoms. The number of rotatable bonds is 5. The molecule has 0 bridgehead atoms. The third-order valence-electron chi connectivity index (χ3n) is 1.90. The first-order valence-electron chi connectivity index (χ1n) is 5.09. The summed E-state index contributed by atoms with van der Waals surface area (Å²) in [6, 6.07) is 5.45. The highest BCUT2D eigenvalue weighted by Gasteiger charge is 2.05. The van der Waals surface area contributed by atoms with Gasteiger partial charge in [0.25, 0.3) is 0 Å². The Morgan fingerprint density at radius 3 is 3.06 bits per heavy atom. The lowest BCUT2D eigenvalue weighted by atomic mass is 10.1. The Labute approximate surface area is 101 Å². The van der Waals surface area contributed by atoms with E-state index in [0.29, 0.717) is 18.1 Å². The summed E-state index contributed by atoms with van der Waals surface area (Å²) in [6.45, 7) is 9.71. The molecule has 0 aromatic carbocycles. The quantitative estimate of drug-likeness (QED) is 0.573. The Hall–Kier alpha value is -2.41. The van der Waals surface area contributed by atoms with Crippen LogP contribution in [0.15, 0.2) is 42.2 Å². The molecule has 0 atom stereocenters. The maximum absolute atomic E-state index is 8.53. The molecule has 0 aliphatic rings. The second-order valence-electron chi connectivity index (χ2n) is 3.13. The topological polar surface area (TPSA) is 58.3 Å². The van der Waals surface area contributed by atoms with Gasteiger partial charge in [-0.3, -0.25) is 0 Å². The summed E-state index contributed by atoms with van der Waals surface area (Å²) >= 11 is 0. The lowest BCUT2D eigenvalue weighted by Gasteiger charge is -2.07. The Morgan fingerprint density at radius 1 is 1.65 bits per heavy atom. The Balaban J connectivity index is 2.93. The van der Waals surface area contributed by atoms with Gasteiger partial charge in [0.15, 0.2) is 0 Å². The standard InChI is InChI=1S/C13H13N3O/c1-4-17-13-12(6-5-7-15-13)10(2)9-16-11(3)8-14/h5-7,9H,2-4H2,1H3. The third kappa shape index (κ3) is 3.58. The molecule has 1 aromatic heterocycles. The lowest BCUT2D eigenvalue weighted by Crippen LogP contribution is -1.98. The molecule has 0 radical (unpaired) electrons. The Kier molecular flexibility index (Phi) is 4.64. The molecule has 0 saturated carbocycles. The predicted molar refractivity (Wildman–Crippen MR) is 67.7 cm³/mol. The van der Waals surface area contributed by atoms with Crippen LogP contribution in [0.3, 0.4) is 0 Å². The van der Waals surface area contributed by atoms with Crippen molar-refractivity contribution in [2.24, 2.45) is 4.99 Å². The van der Waals surface area contributed by atoms with E-state index in [1.54, 1.807) is 12.3 Å². The summed E-state index contributed by atoms with van der Waals surface area (Å²) in [5.74, 6) is 0.508. The van der Waals surface area contributed by atoms with Crippen LogP contribution < -0.4 is 4.74 Å². The highest BCUT2D eigenvalue weighted by molar-refractivity contribution is 6.10. The van der Waals surface area contributed by atoms with Crippen LogP contribution in [0.2, 0.25) is 0 Å². The number of nitriles is 1. The molecule has 0 aliphatic carbocycles. The lowest BCUT2D eigenvalue weighted by molar-refractivity contribution is 0.326. The normalized spacial score (nSPS) is 9.88. The van der Waals surface area contributed by atoms with E-state index in [9.17, 15) is 0 Å².